The highest BCUT2D eigenvalue weighted by Crippen LogP contribution is 2.30. The topological polar surface area (TPSA) is 71.4 Å². The van der Waals surface area contributed by atoms with Crippen LogP contribution in [0, 0.1) is 13.8 Å². The molecule has 1 aromatic rings. The fourth-order valence-corrected chi connectivity index (χ4v) is 2.73. The van der Waals surface area contributed by atoms with Crippen LogP contribution in [0.4, 0.5) is 3.89 Å². The third-order valence-corrected chi connectivity index (χ3v) is 3.99. The summed E-state index contributed by atoms with van der Waals surface area (Å²) < 4.78 is 34.8. The number of hydrogen-bond acceptors (Lipinski definition) is 3. The summed E-state index contributed by atoms with van der Waals surface area (Å²) in [5, 5.41) is 8.92. The maximum atomic E-state index is 12.9. The maximum absolute atomic E-state index is 12.9. The first-order valence-electron chi connectivity index (χ1n) is 4.14. The van der Waals surface area contributed by atoms with Gasteiger partial charge >= 0.3 is 16.2 Å². The molecule has 0 aliphatic heterocycles. The number of rotatable bonds is 2. The molecule has 1 N–H and O–H groups in total. The van der Waals surface area contributed by atoms with Gasteiger partial charge in [-0.1, -0.05) is 15.9 Å². The summed E-state index contributed by atoms with van der Waals surface area (Å²) in [6, 6.07) is 1.06. The van der Waals surface area contributed by atoms with Crippen LogP contribution in [0.5, 0.6) is 0 Å². The van der Waals surface area contributed by atoms with Gasteiger partial charge in [-0.3, -0.25) is 0 Å². The van der Waals surface area contributed by atoms with Gasteiger partial charge in [0.2, 0.25) is 0 Å². The maximum Gasteiger partial charge on any atom is 0.336 e. The number of carboxylic acids is 1. The minimum absolute atomic E-state index is 0.101. The number of carboxylic acid groups (broad SMARTS) is 1. The summed E-state index contributed by atoms with van der Waals surface area (Å²) in [5.74, 6) is -1.29. The molecule has 0 unspecified atom stereocenters. The number of aromatic carboxylic acids is 1. The monoisotopic (exact) mass is 310 g/mol. The molecule has 0 heterocycles. The lowest BCUT2D eigenvalue weighted by atomic mass is 10.0. The lowest BCUT2D eigenvalue weighted by Gasteiger charge is -2.10. The van der Waals surface area contributed by atoms with Gasteiger partial charge in [0.25, 0.3) is 0 Å². The van der Waals surface area contributed by atoms with Crippen LogP contribution in [0.1, 0.15) is 21.5 Å². The van der Waals surface area contributed by atoms with Crippen LogP contribution in [-0.4, -0.2) is 19.5 Å². The van der Waals surface area contributed by atoms with E-state index in [0.717, 1.165) is 6.07 Å². The smallest absolute Gasteiger partial charge is 0.336 e. The second-order valence-electron chi connectivity index (χ2n) is 3.22. The Morgan fingerprint density at radius 1 is 1.38 bits per heavy atom. The van der Waals surface area contributed by atoms with E-state index in [9.17, 15) is 17.1 Å². The minimum atomic E-state index is -4.92. The first-order valence-corrected chi connectivity index (χ1v) is 6.31. The van der Waals surface area contributed by atoms with E-state index in [0.29, 0.717) is 5.56 Å². The molecular weight excluding hydrogens is 303 g/mol. The summed E-state index contributed by atoms with van der Waals surface area (Å²) in [4.78, 5) is 10.3. The van der Waals surface area contributed by atoms with Crippen LogP contribution in [0.15, 0.2) is 15.4 Å². The predicted octanol–water partition coefficient (Wildman–Crippen LogP) is 2.42. The summed E-state index contributed by atoms with van der Waals surface area (Å²) in [5.41, 5.74) is 0.0544. The van der Waals surface area contributed by atoms with E-state index in [1.54, 1.807) is 0 Å². The highest BCUT2D eigenvalue weighted by atomic mass is 79.9. The molecule has 1 rings (SSSR count). The standard InChI is InChI=1S/C9H8BrFO4S/c1-4-6(10)3-7(16(11,14)15)5(2)8(4)9(12)13/h3H,1-2H3,(H,12,13). The molecule has 0 saturated heterocycles. The van der Waals surface area contributed by atoms with Gasteiger partial charge in [0, 0.05) is 4.47 Å². The lowest BCUT2D eigenvalue weighted by molar-refractivity contribution is 0.0695. The Balaban J connectivity index is 3.78. The zero-order valence-corrected chi connectivity index (χ0v) is 10.8. The van der Waals surface area contributed by atoms with Crippen molar-refractivity contribution in [1.29, 1.82) is 0 Å². The van der Waals surface area contributed by atoms with Crippen LogP contribution >= 0.6 is 15.9 Å². The number of halogens is 2. The molecule has 0 spiro atoms. The molecule has 1 aromatic carbocycles. The SMILES string of the molecule is Cc1c(Br)cc(S(=O)(=O)F)c(C)c1C(=O)O. The molecule has 0 bridgehead atoms. The van der Waals surface area contributed by atoms with Crippen molar-refractivity contribution in [2.24, 2.45) is 0 Å². The molecule has 88 valence electrons. The molecule has 0 aromatic heterocycles. The van der Waals surface area contributed by atoms with Gasteiger partial charge in [0.1, 0.15) is 4.90 Å². The Bertz CT molecular complexity index is 565. The van der Waals surface area contributed by atoms with E-state index >= 15 is 0 Å². The van der Waals surface area contributed by atoms with Crippen molar-refractivity contribution in [1.82, 2.24) is 0 Å². The highest BCUT2D eigenvalue weighted by Gasteiger charge is 2.23. The molecule has 0 atom stereocenters. The second kappa shape index (κ2) is 4.14. The normalized spacial score (nSPS) is 11.5. The summed E-state index contributed by atoms with van der Waals surface area (Å²) in [7, 11) is -4.92. The van der Waals surface area contributed by atoms with E-state index in [2.05, 4.69) is 15.9 Å². The van der Waals surface area contributed by atoms with E-state index in [1.807, 2.05) is 0 Å². The van der Waals surface area contributed by atoms with Gasteiger partial charge in [0.05, 0.1) is 5.56 Å². The first-order chi connectivity index (χ1) is 7.16. The summed E-state index contributed by atoms with van der Waals surface area (Å²) in [6.45, 7) is 2.77. The van der Waals surface area contributed by atoms with Crippen molar-refractivity contribution in [2.75, 3.05) is 0 Å². The Labute approximate surface area is 100 Å². The van der Waals surface area contributed by atoms with Crippen LogP contribution in [0.2, 0.25) is 0 Å². The molecule has 0 saturated carbocycles. The lowest BCUT2D eigenvalue weighted by Crippen LogP contribution is -2.08. The molecule has 0 radical (unpaired) electrons. The van der Waals surface area contributed by atoms with E-state index < -0.39 is 21.1 Å². The number of carbonyl (C=O) groups is 1. The fourth-order valence-electron chi connectivity index (χ4n) is 1.43. The van der Waals surface area contributed by atoms with E-state index in [4.69, 9.17) is 5.11 Å². The second-order valence-corrected chi connectivity index (χ2v) is 5.39. The van der Waals surface area contributed by atoms with E-state index in [1.165, 1.54) is 13.8 Å². The predicted molar refractivity (Wildman–Crippen MR) is 58.9 cm³/mol. The Kier molecular flexibility index (Phi) is 3.39. The first kappa shape index (κ1) is 13.1. The Morgan fingerprint density at radius 3 is 2.25 bits per heavy atom. The van der Waals surface area contributed by atoms with Gasteiger partial charge in [0.15, 0.2) is 0 Å². The van der Waals surface area contributed by atoms with Gasteiger partial charge < -0.3 is 5.11 Å². The van der Waals surface area contributed by atoms with Crippen LogP contribution < -0.4 is 0 Å². The molecule has 0 fully saturated rings. The molecule has 0 amide bonds. The van der Waals surface area contributed by atoms with E-state index in [-0.39, 0.29) is 15.6 Å². The quantitative estimate of drug-likeness (QED) is 0.852. The molecular formula is C9H8BrFO4S. The van der Waals surface area contributed by atoms with Crippen molar-refractivity contribution in [3.8, 4) is 0 Å². The van der Waals surface area contributed by atoms with Gasteiger partial charge in [-0.2, -0.15) is 8.42 Å². The average Bonchev–Trinajstić information content (AvgIpc) is 2.09. The number of benzene rings is 1. The third-order valence-electron chi connectivity index (χ3n) is 2.21. The van der Waals surface area contributed by atoms with Crippen molar-refractivity contribution in [2.45, 2.75) is 18.7 Å². The third kappa shape index (κ3) is 2.25. The summed E-state index contributed by atoms with van der Waals surface area (Å²) >= 11 is 3.00. The largest absolute Gasteiger partial charge is 0.478 e. The van der Waals surface area contributed by atoms with Crippen LogP contribution in [-0.2, 0) is 10.2 Å². The van der Waals surface area contributed by atoms with Gasteiger partial charge in [-0.15, -0.1) is 3.89 Å². The number of hydrogen-bond donors (Lipinski definition) is 1. The molecule has 16 heavy (non-hydrogen) atoms. The molecule has 4 nitrogen and oxygen atoms in total. The van der Waals surface area contributed by atoms with Crippen LogP contribution in [0.3, 0.4) is 0 Å². The molecule has 7 heteroatoms. The zero-order valence-electron chi connectivity index (χ0n) is 8.41. The average molecular weight is 311 g/mol. The van der Waals surface area contributed by atoms with Crippen LogP contribution in [0.25, 0.3) is 0 Å². The Hall–Kier alpha value is -0.950. The molecule has 0 aliphatic rings. The van der Waals surface area contributed by atoms with Gasteiger partial charge in [-0.05, 0) is 31.0 Å². The van der Waals surface area contributed by atoms with Crippen molar-refractivity contribution < 1.29 is 22.2 Å². The summed E-state index contributed by atoms with van der Waals surface area (Å²) in [6.07, 6.45) is 0. The van der Waals surface area contributed by atoms with Crippen molar-refractivity contribution in [3.63, 3.8) is 0 Å². The zero-order chi connectivity index (χ0) is 12.7. The van der Waals surface area contributed by atoms with Gasteiger partial charge in [-0.25, -0.2) is 4.79 Å². The van der Waals surface area contributed by atoms with Crippen molar-refractivity contribution in [3.05, 3.63) is 27.2 Å². The highest BCUT2D eigenvalue weighted by molar-refractivity contribution is 9.10. The Morgan fingerprint density at radius 2 is 1.88 bits per heavy atom. The van der Waals surface area contributed by atoms with Crippen molar-refractivity contribution >= 4 is 32.1 Å². The fraction of sp³-hybridized carbons (Fsp3) is 0.222. The minimum Gasteiger partial charge on any atom is -0.478 e. The molecule has 0 aliphatic carbocycles.